The lowest BCUT2D eigenvalue weighted by Crippen LogP contribution is -2.24. The molecule has 0 radical (unpaired) electrons. The average molecular weight is 334 g/mol. The molecule has 0 bridgehead atoms. The number of carboxylic acids is 1. The molecule has 126 valence electrons. The van der Waals surface area contributed by atoms with Gasteiger partial charge in [-0.3, -0.25) is 19.6 Å². The number of nitrogens with zero attached hydrogens (tertiary/aromatic N) is 3. The van der Waals surface area contributed by atoms with Gasteiger partial charge >= 0.3 is 5.97 Å². The monoisotopic (exact) mass is 334 g/mol. The molecule has 0 aliphatic heterocycles. The Bertz CT molecular complexity index is 800. The summed E-state index contributed by atoms with van der Waals surface area (Å²) in [7, 11) is 1.37. The van der Waals surface area contributed by atoms with E-state index in [0.29, 0.717) is 0 Å². The predicted molar refractivity (Wildman–Crippen MR) is 82.2 cm³/mol. The van der Waals surface area contributed by atoms with Crippen LogP contribution in [-0.4, -0.2) is 38.8 Å². The molecule has 1 atom stereocenters. The Hall–Kier alpha value is -3.43. The van der Waals surface area contributed by atoms with Gasteiger partial charge < -0.3 is 15.2 Å². The van der Waals surface area contributed by atoms with E-state index in [0.717, 1.165) is 4.68 Å². The minimum atomic E-state index is -1.22. The average Bonchev–Trinajstić information content (AvgIpc) is 3.04. The minimum Gasteiger partial charge on any atom is -0.496 e. The molecule has 2 rings (SSSR count). The molecule has 0 aliphatic rings. The molecular weight excluding hydrogens is 320 g/mol. The number of nitrogens with one attached hydrogen (secondary N) is 1. The Kier molecular flexibility index (Phi) is 4.78. The number of aromatic nitrogens is 2. The summed E-state index contributed by atoms with van der Waals surface area (Å²) in [6.07, 6.45) is 1.34. The first-order valence-corrected chi connectivity index (χ1v) is 6.75. The first-order chi connectivity index (χ1) is 11.3. The highest BCUT2D eigenvalue weighted by atomic mass is 16.6. The Labute approximate surface area is 135 Å². The van der Waals surface area contributed by atoms with Crippen LogP contribution >= 0.6 is 0 Å². The number of benzene rings is 1. The van der Waals surface area contributed by atoms with E-state index in [2.05, 4.69) is 10.4 Å². The second kappa shape index (κ2) is 6.77. The third-order valence-electron chi connectivity index (χ3n) is 3.26. The van der Waals surface area contributed by atoms with Crippen molar-refractivity contribution in [2.24, 2.45) is 0 Å². The molecule has 1 amide bonds. The summed E-state index contributed by atoms with van der Waals surface area (Å²) in [5, 5.41) is 26.1. The zero-order valence-corrected chi connectivity index (χ0v) is 12.8. The van der Waals surface area contributed by atoms with Gasteiger partial charge in [-0.2, -0.15) is 5.10 Å². The summed E-state index contributed by atoms with van der Waals surface area (Å²) >= 11 is 0. The van der Waals surface area contributed by atoms with Crippen molar-refractivity contribution in [3.05, 3.63) is 46.3 Å². The Balaban J connectivity index is 2.22. The number of carbonyl (C=O) groups is 2. The number of rotatable bonds is 6. The fourth-order valence-electron chi connectivity index (χ4n) is 1.92. The van der Waals surface area contributed by atoms with Crippen LogP contribution in [0.2, 0.25) is 0 Å². The van der Waals surface area contributed by atoms with Gasteiger partial charge in [0, 0.05) is 6.20 Å². The summed E-state index contributed by atoms with van der Waals surface area (Å²) in [5.41, 5.74) is -0.519. The van der Waals surface area contributed by atoms with Gasteiger partial charge in [0.15, 0.2) is 5.69 Å². The van der Waals surface area contributed by atoms with E-state index >= 15 is 0 Å². The molecule has 0 saturated heterocycles. The Morgan fingerprint density at radius 3 is 2.67 bits per heavy atom. The maximum atomic E-state index is 12.2. The van der Waals surface area contributed by atoms with Crippen LogP contribution in [0.5, 0.6) is 5.75 Å². The van der Waals surface area contributed by atoms with Crippen LogP contribution in [0.4, 0.5) is 11.4 Å². The van der Waals surface area contributed by atoms with Gasteiger partial charge in [0.25, 0.3) is 5.69 Å². The summed E-state index contributed by atoms with van der Waals surface area (Å²) < 4.78 is 6.08. The summed E-state index contributed by atoms with van der Waals surface area (Å²) in [6.45, 7) is 1.49. The molecule has 1 unspecified atom stereocenters. The standard InChI is InChI=1S/C14H14N4O6/c1-8(17-6-5-11(16-17)14(20)21)13(19)15-10-4-3-9(24-2)7-12(10)18(22)23/h3-8H,1-2H3,(H,15,19)(H,20,21). The smallest absolute Gasteiger partial charge is 0.356 e. The van der Waals surface area contributed by atoms with Gasteiger partial charge in [-0.15, -0.1) is 0 Å². The molecule has 1 aromatic carbocycles. The number of amides is 1. The summed E-state index contributed by atoms with van der Waals surface area (Å²) in [5.74, 6) is -1.51. The number of aromatic carboxylic acids is 1. The van der Waals surface area contributed by atoms with Crippen LogP contribution in [0.1, 0.15) is 23.5 Å². The van der Waals surface area contributed by atoms with Gasteiger partial charge in [-0.05, 0) is 25.1 Å². The van der Waals surface area contributed by atoms with E-state index < -0.39 is 22.8 Å². The molecule has 1 heterocycles. The van der Waals surface area contributed by atoms with Crippen LogP contribution in [0.15, 0.2) is 30.5 Å². The third kappa shape index (κ3) is 3.48. The second-order valence-electron chi connectivity index (χ2n) is 4.79. The number of carboxylic acid groups (broad SMARTS) is 1. The van der Waals surface area contributed by atoms with Gasteiger partial charge in [-0.25, -0.2) is 4.79 Å². The van der Waals surface area contributed by atoms with Crippen LogP contribution in [-0.2, 0) is 4.79 Å². The molecule has 0 aliphatic carbocycles. The highest BCUT2D eigenvalue weighted by Crippen LogP contribution is 2.29. The van der Waals surface area contributed by atoms with Crippen LogP contribution < -0.4 is 10.1 Å². The minimum absolute atomic E-state index is 0.00302. The zero-order valence-electron chi connectivity index (χ0n) is 12.8. The van der Waals surface area contributed by atoms with Gasteiger partial charge in [0.05, 0.1) is 18.1 Å². The van der Waals surface area contributed by atoms with Crippen molar-refractivity contribution in [1.82, 2.24) is 9.78 Å². The van der Waals surface area contributed by atoms with Crippen LogP contribution in [0.25, 0.3) is 0 Å². The zero-order chi connectivity index (χ0) is 17.9. The highest BCUT2D eigenvalue weighted by molar-refractivity contribution is 5.95. The summed E-state index contributed by atoms with van der Waals surface area (Å²) in [6, 6.07) is 4.41. The SMILES string of the molecule is COc1ccc(NC(=O)C(C)n2ccc(C(=O)O)n2)c([N+](=O)[O-])c1. The normalized spacial score (nSPS) is 11.6. The maximum absolute atomic E-state index is 12.2. The van der Waals surface area contributed by atoms with Gasteiger partial charge in [0.1, 0.15) is 17.5 Å². The first-order valence-electron chi connectivity index (χ1n) is 6.75. The van der Waals surface area contributed by atoms with E-state index in [1.165, 1.54) is 44.5 Å². The van der Waals surface area contributed by atoms with Crippen molar-refractivity contribution in [2.75, 3.05) is 12.4 Å². The number of hydrogen-bond acceptors (Lipinski definition) is 6. The van der Waals surface area contributed by atoms with Crippen LogP contribution in [0, 0.1) is 10.1 Å². The van der Waals surface area contributed by atoms with Crippen molar-refractivity contribution in [1.29, 1.82) is 0 Å². The van der Waals surface area contributed by atoms with E-state index in [1.54, 1.807) is 0 Å². The molecule has 1 aromatic heterocycles. The second-order valence-corrected chi connectivity index (χ2v) is 4.79. The molecular formula is C14H14N4O6. The lowest BCUT2D eigenvalue weighted by Gasteiger charge is -2.13. The number of hydrogen-bond donors (Lipinski definition) is 2. The fourth-order valence-corrected chi connectivity index (χ4v) is 1.92. The van der Waals surface area contributed by atoms with Crippen molar-refractivity contribution < 1.29 is 24.4 Å². The molecule has 24 heavy (non-hydrogen) atoms. The molecule has 0 saturated carbocycles. The first kappa shape index (κ1) is 16.9. The molecule has 2 aromatic rings. The van der Waals surface area contributed by atoms with Crippen molar-refractivity contribution in [3.8, 4) is 5.75 Å². The lowest BCUT2D eigenvalue weighted by atomic mass is 10.2. The number of anilines is 1. The number of ether oxygens (including phenoxy) is 1. The van der Waals surface area contributed by atoms with E-state index in [-0.39, 0.29) is 22.8 Å². The number of methoxy groups -OCH3 is 1. The number of nitro groups is 1. The molecule has 0 fully saturated rings. The third-order valence-corrected chi connectivity index (χ3v) is 3.26. The van der Waals surface area contributed by atoms with Gasteiger partial charge in [0.2, 0.25) is 5.91 Å². The van der Waals surface area contributed by atoms with E-state index in [1.807, 2.05) is 0 Å². The topological polar surface area (TPSA) is 137 Å². The van der Waals surface area contributed by atoms with Crippen molar-refractivity contribution >= 4 is 23.3 Å². The Morgan fingerprint density at radius 1 is 1.42 bits per heavy atom. The largest absolute Gasteiger partial charge is 0.496 e. The fraction of sp³-hybridized carbons (Fsp3) is 0.214. The molecule has 10 heteroatoms. The van der Waals surface area contributed by atoms with Crippen molar-refractivity contribution in [2.45, 2.75) is 13.0 Å². The molecule has 2 N–H and O–H groups in total. The number of nitro benzene ring substituents is 1. The lowest BCUT2D eigenvalue weighted by molar-refractivity contribution is -0.384. The van der Waals surface area contributed by atoms with Crippen LogP contribution in [0.3, 0.4) is 0 Å². The molecule has 10 nitrogen and oxygen atoms in total. The van der Waals surface area contributed by atoms with E-state index in [4.69, 9.17) is 9.84 Å². The van der Waals surface area contributed by atoms with E-state index in [9.17, 15) is 19.7 Å². The van der Waals surface area contributed by atoms with Crippen molar-refractivity contribution in [3.63, 3.8) is 0 Å². The maximum Gasteiger partial charge on any atom is 0.356 e. The molecule has 0 spiro atoms. The quantitative estimate of drug-likeness (QED) is 0.606. The van der Waals surface area contributed by atoms with Gasteiger partial charge in [-0.1, -0.05) is 0 Å². The predicted octanol–water partition coefficient (Wildman–Crippen LogP) is 1.70. The Morgan fingerprint density at radius 2 is 2.12 bits per heavy atom. The number of carbonyl (C=O) groups excluding carboxylic acids is 1. The summed E-state index contributed by atoms with van der Waals surface area (Å²) in [4.78, 5) is 33.5. The highest BCUT2D eigenvalue weighted by Gasteiger charge is 2.22.